The third-order valence-corrected chi connectivity index (χ3v) is 2.81. The Hall–Kier alpha value is -1.61. The van der Waals surface area contributed by atoms with Crippen molar-refractivity contribution in [2.24, 2.45) is 5.73 Å². The van der Waals surface area contributed by atoms with Gasteiger partial charge in [-0.05, 0) is 0 Å². The van der Waals surface area contributed by atoms with Crippen LogP contribution in [-0.2, 0) is 16.1 Å². The van der Waals surface area contributed by atoms with E-state index in [0.29, 0.717) is 5.89 Å². The van der Waals surface area contributed by atoms with Crippen LogP contribution in [-0.4, -0.2) is 46.0 Å². The van der Waals surface area contributed by atoms with Gasteiger partial charge in [-0.2, -0.15) is 0 Å². The van der Waals surface area contributed by atoms with E-state index in [1.54, 1.807) is 0 Å². The Kier molecular flexibility index (Phi) is 3.59. The van der Waals surface area contributed by atoms with Crippen molar-refractivity contribution in [3.63, 3.8) is 0 Å². The average Bonchev–Trinajstić information content (AvgIpc) is 2.94. The van der Waals surface area contributed by atoms with Gasteiger partial charge in [0.25, 0.3) is 5.22 Å². The highest BCUT2D eigenvalue weighted by molar-refractivity contribution is 7.99. The van der Waals surface area contributed by atoms with E-state index in [1.165, 1.54) is 0 Å². The minimum absolute atomic E-state index is 0.0430. The van der Waals surface area contributed by atoms with Gasteiger partial charge >= 0.3 is 6.09 Å². The van der Waals surface area contributed by atoms with Gasteiger partial charge in [-0.15, -0.1) is 10.2 Å². The second kappa shape index (κ2) is 5.15. The molecule has 0 radical (unpaired) electrons. The molecule has 9 heteroatoms. The Bertz CT molecular complexity index is 435. The molecule has 0 bridgehead atoms. The number of rotatable bonds is 4. The molecule has 2 N–H and O–H groups in total. The van der Waals surface area contributed by atoms with Gasteiger partial charge in [0, 0.05) is 0 Å². The van der Waals surface area contributed by atoms with Gasteiger partial charge in [-0.25, -0.2) is 9.69 Å². The van der Waals surface area contributed by atoms with E-state index in [4.69, 9.17) is 10.2 Å². The van der Waals surface area contributed by atoms with Gasteiger partial charge in [0.1, 0.15) is 6.61 Å². The number of cyclic esters (lactones) is 1. The molecule has 0 aliphatic carbocycles. The molecule has 2 amide bonds. The van der Waals surface area contributed by atoms with Crippen LogP contribution in [0.1, 0.15) is 5.89 Å². The molecule has 17 heavy (non-hydrogen) atoms. The zero-order valence-corrected chi connectivity index (χ0v) is 9.61. The van der Waals surface area contributed by atoms with E-state index in [0.717, 1.165) is 16.7 Å². The largest absolute Gasteiger partial charge is 0.447 e. The fraction of sp³-hybridized carbons (Fsp3) is 0.500. The van der Waals surface area contributed by atoms with E-state index >= 15 is 0 Å². The number of thioether (sulfide) groups is 1. The fourth-order valence-corrected chi connectivity index (χ4v) is 1.86. The Morgan fingerprint density at radius 2 is 2.35 bits per heavy atom. The van der Waals surface area contributed by atoms with Crippen molar-refractivity contribution in [2.45, 2.75) is 11.8 Å². The molecule has 92 valence electrons. The minimum Gasteiger partial charge on any atom is -0.447 e. The summed E-state index contributed by atoms with van der Waals surface area (Å²) in [7, 11) is 0. The third-order valence-electron chi connectivity index (χ3n) is 2.00. The molecule has 1 fully saturated rings. The van der Waals surface area contributed by atoms with Gasteiger partial charge in [-0.3, -0.25) is 4.79 Å². The first-order chi connectivity index (χ1) is 8.20. The van der Waals surface area contributed by atoms with E-state index in [-0.39, 0.29) is 36.6 Å². The first-order valence-corrected chi connectivity index (χ1v) is 5.81. The molecular weight excluding hydrogens is 248 g/mol. The molecular formula is C8H10N4O4S. The Labute approximate surface area is 100 Å². The zero-order chi connectivity index (χ0) is 12.3. The minimum atomic E-state index is -0.608. The molecule has 0 aromatic carbocycles. The summed E-state index contributed by atoms with van der Waals surface area (Å²) >= 11 is 1.06. The second-order valence-corrected chi connectivity index (χ2v) is 4.04. The van der Waals surface area contributed by atoms with Crippen molar-refractivity contribution in [2.75, 3.05) is 18.9 Å². The molecule has 2 rings (SSSR count). The van der Waals surface area contributed by atoms with Crippen LogP contribution in [0, 0.1) is 0 Å². The van der Waals surface area contributed by atoms with Crippen LogP contribution in [0.3, 0.4) is 0 Å². The number of nitrogens with two attached hydrogens (primary N) is 1. The summed E-state index contributed by atoms with van der Waals surface area (Å²) < 4.78 is 9.75. The molecule has 1 aromatic rings. The van der Waals surface area contributed by atoms with Crippen LogP contribution in [0.15, 0.2) is 9.64 Å². The summed E-state index contributed by atoms with van der Waals surface area (Å²) in [5.41, 5.74) is 5.29. The maximum absolute atomic E-state index is 11.6. The van der Waals surface area contributed by atoms with Crippen molar-refractivity contribution in [3.05, 3.63) is 5.89 Å². The highest BCUT2D eigenvalue weighted by atomic mass is 32.2. The topological polar surface area (TPSA) is 112 Å². The lowest BCUT2D eigenvalue weighted by Crippen LogP contribution is -2.32. The number of carbonyl (C=O) groups excluding carboxylic acids is 2. The number of aromatic nitrogens is 2. The van der Waals surface area contributed by atoms with Crippen molar-refractivity contribution in [3.8, 4) is 0 Å². The number of ether oxygens (including phenoxy) is 1. The molecule has 0 spiro atoms. The molecule has 0 saturated carbocycles. The molecule has 0 atom stereocenters. The highest BCUT2D eigenvalue weighted by Crippen LogP contribution is 2.17. The van der Waals surface area contributed by atoms with Crippen LogP contribution in [0.4, 0.5) is 4.79 Å². The smallest absolute Gasteiger partial charge is 0.416 e. The lowest BCUT2D eigenvalue weighted by molar-refractivity contribution is -0.125. The van der Waals surface area contributed by atoms with Crippen LogP contribution in [0.2, 0.25) is 0 Å². The van der Waals surface area contributed by atoms with Gasteiger partial charge in [0.15, 0.2) is 0 Å². The molecule has 2 heterocycles. The maximum atomic E-state index is 11.6. The van der Waals surface area contributed by atoms with Crippen molar-refractivity contribution >= 4 is 23.8 Å². The average molecular weight is 258 g/mol. The van der Waals surface area contributed by atoms with Crippen molar-refractivity contribution in [1.82, 2.24) is 15.1 Å². The van der Waals surface area contributed by atoms with E-state index in [2.05, 4.69) is 14.9 Å². The van der Waals surface area contributed by atoms with Crippen molar-refractivity contribution < 1.29 is 18.7 Å². The van der Waals surface area contributed by atoms with Crippen molar-refractivity contribution in [1.29, 1.82) is 0 Å². The summed E-state index contributed by atoms with van der Waals surface area (Å²) in [6.07, 6.45) is -0.608. The van der Waals surface area contributed by atoms with Crippen LogP contribution in [0.25, 0.3) is 0 Å². The quantitative estimate of drug-likeness (QED) is 0.726. The van der Waals surface area contributed by atoms with Crippen LogP contribution in [0.5, 0.6) is 0 Å². The van der Waals surface area contributed by atoms with Crippen LogP contribution >= 0.6 is 11.8 Å². The molecule has 1 aromatic heterocycles. The highest BCUT2D eigenvalue weighted by Gasteiger charge is 2.28. The number of hydrogen-bond donors (Lipinski definition) is 1. The first kappa shape index (κ1) is 11.9. The SMILES string of the molecule is NCc1nnc(SCC(=O)N2CCOC2=O)o1. The Morgan fingerprint density at radius 1 is 1.53 bits per heavy atom. The van der Waals surface area contributed by atoms with E-state index in [9.17, 15) is 9.59 Å². The number of amides is 2. The summed E-state index contributed by atoms with van der Waals surface area (Å²) in [6, 6.07) is 0. The lowest BCUT2D eigenvalue weighted by atomic mass is 10.5. The molecule has 1 aliphatic heterocycles. The lowest BCUT2D eigenvalue weighted by Gasteiger charge is -2.08. The number of carbonyl (C=O) groups is 2. The Morgan fingerprint density at radius 3 is 2.94 bits per heavy atom. The monoisotopic (exact) mass is 258 g/mol. The summed E-state index contributed by atoms with van der Waals surface area (Å²) in [5.74, 6) is 0.00641. The number of hydrogen-bond acceptors (Lipinski definition) is 8. The summed E-state index contributed by atoms with van der Waals surface area (Å²) in [4.78, 5) is 23.7. The number of imide groups is 1. The van der Waals surface area contributed by atoms with Crippen LogP contribution < -0.4 is 5.73 Å². The van der Waals surface area contributed by atoms with Gasteiger partial charge in [-0.1, -0.05) is 11.8 Å². The van der Waals surface area contributed by atoms with Gasteiger partial charge < -0.3 is 14.9 Å². The Balaban J connectivity index is 1.85. The number of nitrogens with zero attached hydrogens (tertiary/aromatic N) is 3. The predicted octanol–water partition coefficient (Wildman–Crippen LogP) is -0.401. The standard InChI is InChI=1S/C8H10N4O4S/c9-3-5-10-11-7(16-5)17-4-6(13)12-1-2-15-8(12)14/h1-4,9H2. The molecule has 0 unspecified atom stereocenters. The van der Waals surface area contributed by atoms with Gasteiger partial charge in [0.2, 0.25) is 11.8 Å². The van der Waals surface area contributed by atoms with Gasteiger partial charge in [0.05, 0.1) is 18.8 Å². The fourth-order valence-electron chi connectivity index (χ4n) is 1.20. The van der Waals surface area contributed by atoms with E-state index < -0.39 is 6.09 Å². The maximum Gasteiger partial charge on any atom is 0.416 e. The normalized spacial score (nSPS) is 15.1. The summed E-state index contributed by atoms with van der Waals surface area (Å²) in [6.45, 7) is 0.684. The second-order valence-electron chi connectivity index (χ2n) is 3.11. The van der Waals surface area contributed by atoms with E-state index in [1.807, 2.05) is 0 Å². The first-order valence-electron chi connectivity index (χ1n) is 4.83. The predicted molar refractivity (Wildman–Crippen MR) is 56.0 cm³/mol. The summed E-state index contributed by atoms with van der Waals surface area (Å²) in [5, 5.41) is 7.59. The molecule has 1 aliphatic rings. The third kappa shape index (κ3) is 2.74. The molecule has 1 saturated heterocycles. The molecule has 8 nitrogen and oxygen atoms in total. The zero-order valence-electron chi connectivity index (χ0n) is 8.79.